The van der Waals surface area contributed by atoms with Gasteiger partial charge >= 0.3 is 6.01 Å². The molecule has 0 aliphatic carbocycles. The predicted octanol–water partition coefficient (Wildman–Crippen LogP) is 3.44. The highest BCUT2D eigenvalue weighted by atomic mass is 16.4. The van der Waals surface area contributed by atoms with E-state index in [0.717, 1.165) is 25.2 Å². The summed E-state index contributed by atoms with van der Waals surface area (Å²) in [6, 6.07) is 6.53. The number of benzene rings is 1. The molecule has 0 spiro atoms. The quantitative estimate of drug-likeness (QED) is 0.454. The zero-order valence-electron chi connectivity index (χ0n) is 19.1. The molecule has 4 heterocycles. The fourth-order valence-corrected chi connectivity index (χ4v) is 3.96. The van der Waals surface area contributed by atoms with Crippen LogP contribution in [-0.2, 0) is 24.9 Å². The van der Waals surface area contributed by atoms with Crippen LogP contribution >= 0.6 is 0 Å². The first kappa shape index (κ1) is 21.1. The fourth-order valence-electron chi connectivity index (χ4n) is 3.96. The van der Waals surface area contributed by atoms with Crippen molar-refractivity contribution >= 4 is 22.7 Å². The van der Waals surface area contributed by atoms with Gasteiger partial charge in [0.25, 0.3) is 5.56 Å². The largest absolute Gasteiger partial charge is 0.427 e. The number of hydrogen-bond donors (Lipinski definition) is 2. The van der Waals surface area contributed by atoms with Crippen LogP contribution in [0.5, 0.6) is 0 Å². The topological polar surface area (TPSA) is 103 Å². The Balaban J connectivity index is 1.59. The van der Waals surface area contributed by atoms with Gasteiger partial charge in [0.05, 0.1) is 12.7 Å². The molecule has 0 amide bonds. The molecule has 33 heavy (non-hydrogen) atoms. The van der Waals surface area contributed by atoms with Crippen molar-refractivity contribution in [2.24, 2.45) is 0 Å². The lowest BCUT2D eigenvalue weighted by molar-refractivity contribution is 0.383. The molecule has 4 aromatic rings. The molecule has 3 aromatic heterocycles. The molecule has 1 aliphatic heterocycles. The van der Waals surface area contributed by atoms with Crippen molar-refractivity contribution < 1.29 is 4.42 Å². The molecule has 0 bridgehead atoms. The molecule has 1 aromatic carbocycles. The van der Waals surface area contributed by atoms with Gasteiger partial charge in [-0.1, -0.05) is 32.9 Å². The third kappa shape index (κ3) is 3.84. The third-order valence-corrected chi connectivity index (χ3v) is 5.74. The van der Waals surface area contributed by atoms with Gasteiger partial charge in [-0.15, -0.1) is 6.58 Å². The van der Waals surface area contributed by atoms with Gasteiger partial charge in [-0.25, -0.2) is 9.67 Å². The first-order valence-electron chi connectivity index (χ1n) is 11.0. The van der Waals surface area contributed by atoms with E-state index < -0.39 is 0 Å². The van der Waals surface area contributed by atoms with Crippen molar-refractivity contribution in [1.82, 2.24) is 29.6 Å². The Morgan fingerprint density at radius 1 is 1.24 bits per heavy atom. The Labute approximate surface area is 191 Å². The Hall–Kier alpha value is -3.72. The van der Waals surface area contributed by atoms with Crippen LogP contribution in [0.3, 0.4) is 0 Å². The van der Waals surface area contributed by atoms with Gasteiger partial charge in [0, 0.05) is 23.8 Å². The van der Waals surface area contributed by atoms with Crippen LogP contribution in [-0.4, -0.2) is 30.9 Å². The summed E-state index contributed by atoms with van der Waals surface area (Å²) in [6.45, 7) is 12.0. The number of hydrogen-bond acceptors (Lipinski definition) is 7. The van der Waals surface area contributed by atoms with Crippen LogP contribution in [0, 0.1) is 0 Å². The highest BCUT2D eigenvalue weighted by Gasteiger charge is 2.24. The van der Waals surface area contributed by atoms with Crippen LogP contribution in [0.15, 0.2) is 52.5 Å². The first-order chi connectivity index (χ1) is 15.8. The fraction of sp³-hybridized carbons (Fsp3) is 0.333. The third-order valence-electron chi connectivity index (χ3n) is 5.74. The molecular formula is C24H27N7O2. The number of anilines is 2. The SMILES string of the molecule is C=CCn1c(=O)c2cnc(Nc3ccc4c(c3)CCNC4)nc2n1-c1ncc(C(C)(C)C)o1. The lowest BCUT2D eigenvalue weighted by Crippen LogP contribution is -2.23. The smallest absolute Gasteiger partial charge is 0.323 e. The molecule has 5 rings (SSSR count). The number of aromatic nitrogens is 5. The highest BCUT2D eigenvalue weighted by Crippen LogP contribution is 2.26. The zero-order valence-corrected chi connectivity index (χ0v) is 19.1. The van der Waals surface area contributed by atoms with E-state index in [2.05, 4.69) is 44.3 Å². The second-order valence-electron chi connectivity index (χ2n) is 9.21. The summed E-state index contributed by atoms with van der Waals surface area (Å²) in [7, 11) is 0. The van der Waals surface area contributed by atoms with E-state index in [0.29, 0.717) is 22.7 Å². The van der Waals surface area contributed by atoms with Crippen molar-refractivity contribution in [3.05, 3.63) is 70.5 Å². The Kier molecular flexibility index (Phi) is 5.13. The van der Waals surface area contributed by atoms with E-state index in [1.807, 2.05) is 26.8 Å². The summed E-state index contributed by atoms with van der Waals surface area (Å²) < 4.78 is 9.13. The van der Waals surface area contributed by atoms with E-state index in [-0.39, 0.29) is 23.5 Å². The molecule has 0 saturated heterocycles. The minimum absolute atomic E-state index is 0.221. The number of nitrogens with one attached hydrogen (secondary N) is 2. The summed E-state index contributed by atoms with van der Waals surface area (Å²) in [5, 5.41) is 7.04. The predicted molar refractivity (Wildman–Crippen MR) is 127 cm³/mol. The number of rotatable bonds is 5. The van der Waals surface area contributed by atoms with Crippen LogP contribution in [0.1, 0.15) is 37.7 Å². The normalized spacial score (nSPS) is 13.8. The second kappa shape index (κ2) is 8.00. The van der Waals surface area contributed by atoms with Gasteiger partial charge in [-0.05, 0) is 36.2 Å². The molecule has 1 aliphatic rings. The van der Waals surface area contributed by atoms with Crippen molar-refractivity contribution in [3.8, 4) is 6.01 Å². The second-order valence-corrected chi connectivity index (χ2v) is 9.21. The minimum atomic E-state index is -0.228. The average Bonchev–Trinajstić information content (AvgIpc) is 3.38. The average molecular weight is 446 g/mol. The standard InChI is InChI=1S/C24H27N7O2/c1-5-10-30-21(32)18-13-26-22(28-17-7-6-16-12-25-9-8-15(16)11-17)29-20(18)31(30)23-27-14-19(33-23)24(2,3)4/h5-7,11,13-14,25H,1,8-10,12H2,2-4H3,(H,26,28,29). The van der Waals surface area contributed by atoms with E-state index in [4.69, 9.17) is 4.42 Å². The van der Waals surface area contributed by atoms with E-state index in [9.17, 15) is 4.79 Å². The molecule has 0 atom stereocenters. The van der Waals surface area contributed by atoms with E-state index in [1.165, 1.54) is 15.8 Å². The maximum absolute atomic E-state index is 13.1. The number of nitrogens with zero attached hydrogens (tertiary/aromatic N) is 5. The summed E-state index contributed by atoms with van der Waals surface area (Å²) in [5.41, 5.74) is 3.49. The molecule has 0 fully saturated rings. The van der Waals surface area contributed by atoms with Crippen LogP contribution in [0.4, 0.5) is 11.6 Å². The van der Waals surface area contributed by atoms with Crippen LogP contribution in [0.2, 0.25) is 0 Å². The first-order valence-corrected chi connectivity index (χ1v) is 11.0. The van der Waals surface area contributed by atoms with Gasteiger partial charge in [0.15, 0.2) is 5.65 Å². The zero-order chi connectivity index (χ0) is 23.2. The minimum Gasteiger partial charge on any atom is -0.427 e. The number of oxazole rings is 1. The summed E-state index contributed by atoms with van der Waals surface area (Å²) >= 11 is 0. The van der Waals surface area contributed by atoms with Crippen LogP contribution < -0.4 is 16.2 Å². The van der Waals surface area contributed by atoms with Gasteiger partial charge in [-0.3, -0.25) is 4.79 Å². The Morgan fingerprint density at radius 2 is 2.09 bits per heavy atom. The molecule has 9 heteroatoms. The number of allylic oxidation sites excluding steroid dienone is 1. The summed E-state index contributed by atoms with van der Waals surface area (Å²) in [6.07, 6.45) is 5.86. The Bertz CT molecular complexity index is 1400. The summed E-state index contributed by atoms with van der Waals surface area (Å²) in [5.74, 6) is 1.11. The molecule has 9 nitrogen and oxygen atoms in total. The molecular weight excluding hydrogens is 418 g/mol. The molecule has 2 N–H and O–H groups in total. The maximum atomic E-state index is 13.1. The molecule has 170 valence electrons. The lowest BCUT2D eigenvalue weighted by atomic mass is 9.94. The lowest BCUT2D eigenvalue weighted by Gasteiger charge is -2.18. The van der Waals surface area contributed by atoms with E-state index in [1.54, 1.807) is 23.2 Å². The van der Waals surface area contributed by atoms with Crippen molar-refractivity contribution in [3.63, 3.8) is 0 Å². The molecule has 0 saturated carbocycles. The molecule has 0 unspecified atom stereocenters. The maximum Gasteiger partial charge on any atom is 0.323 e. The van der Waals surface area contributed by atoms with Crippen molar-refractivity contribution in [2.45, 2.75) is 45.7 Å². The number of fused-ring (bicyclic) bond motifs is 2. The highest BCUT2D eigenvalue weighted by molar-refractivity contribution is 5.76. The van der Waals surface area contributed by atoms with Gasteiger partial charge in [-0.2, -0.15) is 14.6 Å². The van der Waals surface area contributed by atoms with Crippen LogP contribution in [0.25, 0.3) is 17.0 Å². The monoisotopic (exact) mass is 445 g/mol. The van der Waals surface area contributed by atoms with Gasteiger partial charge in [0.2, 0.25) is 5.95 Å². The van der Waals surface area contributed by atoms with Gasteiger partial charge in [0.1, 0.15) is 11.1 Å². The summed E-state index contributed by atoms with van der Waals surface area (Å²) in [4.78, 5) is 26.6. The van der Waals surface area contributed by atoms with Crippen molar-refractivity contribution in [1.29, 1.82) is 0 Å². The van der Waals surface area contributed by atoms with Gasteiger partial charge < -0.3 is 15.1 Å². The van der Waals surface area contributed by atoms with E-state index >= 15 is 0 Å². The Morgan fingerprint density at radius 3 is 2.85 bits per heavy atom. The van der Waals surface area contributed by atoms with Crippen molar-refractivity contribution in [2.75, 3.05) is 11.9 Å². The molecule has 0 radical (unpaired) electrons.